The highest BCUT2D eigenvalue weighted by atomic mass is 35.5. The number of carboxylic acid groups (broad SMARTS) is 1. The van der Waals surface area contributed by atoms with Gasteiger partial charge < -0.3 is 10.0 Å². The van der Waals surface area contributed by atoms with E-state index in [0.29, 0.717) is 11.4 Å². The second kappa shape index (κ2) is 6.58. The number of carboxylic acids is 1. The summed E-state index contributed by atoms with van der Waals surface area (Å²) in [7, 11) is -1.57. The first-order valence-electron chi connectivity index (χ1n) is 6.64. The molecule has 1 aromatic carbocycles. The fraction of sp³-hybridized carbons (Fsp3) is 0.429. The summed E-state index contributed by atoms with van der Waals surface area (Å²) in [5.74, 6) is -1.48. The Morgan fingerprint density at radius 2 is 2.10 bits per heavy atom. The van der Waals surface area contributed by atoms with E-state index in [1.807, 2.05) is 6.92 Å². The third-order valence-corrected chi connectivity index (χ3v) is 4.95. The second-order valence-electron chi connectivity index (χ2n) is 4.85. The van der Waals surface area contributed by atoms with E-state index < -0.39 is 16.8 Å². The van der Waals surface area contributed by atoms with Crippen LogP contribution in [0.3, 0.4) is 0 Å². The Balaban J connectivity index is 2.11. The van der Waals surface area contributed by atoms with Crippen LogP contribution in [-0.4, -0.2) is 44.4 Å². The number of halogens is 1. The summed E-state index contributed by atoms with van der Waals surface area (Å²) in [6, 6.07) is 4.42. The average Bonchev–Trinajstić information content (AvgIpc) is 3.24. The van der Waals surface area contributed by atoms with Crippen molar-refractivity contribution in [3.8, 4) is 0 Å². The summed E-state index contributed by atoms with van der Waals surface area (Å²) in [5.41, 5.74) is -0.107. The van der Waals surface area contributed by atoms with Crippen molar-refractivity contribution in [1.29, 1.82) is 0 Å². The Morgan fingerprint density at radius 1 is 1.43 bits per heavy atom. The molecule has 0 spiro atoms. The number of amides is 1. The van der Waals surface area contributed by atoms with Crippen molar-refractivity contribution >= 4 is 34.3 Å². The third kappa shape index (κ3) is 3.83. The Morgan fingerprint density at radius 3 is 2.62 bits per heavy atom. The molecular weight excluding hydrogens is 314 g/mol. The van der Waals surface area contributed by atoms with Gasteiger partial charge >= 0.3 is 5.97 Å². The molecule has 5 nitrogen and oxygen atoms in total. The minimum Gasteiger partial charge on any atom is -0.478 e. The Bertz CT molecular complexity index is 601. The van der Waals surface area contributed by atoms with Gasteiger partial charge in [0.2, 0.25) is 5.91 Å². The summed E-state index contributed by atoms with van der Waals surface area (Å²) in [4.78, 5) is 25.2. The van der Waals surface area contributed by atoms with Crippen LogP contribution in [0.15, 0.2) is 23.1 Å². The number of hydrogen-bond donors (Lipinski definition) is 1. The minimum atomic E-state index is -1.57. The van der Waals surface area contributed by atoms with Crippen molar-refractivity contribution in [2.24, 2.45) is 0 Å². The van der Waals surface area contributed by atoms with Gasteiger partial charge in [0.25, 0.3) is 0 Å². The third-order valence-electron chi connectivity index (χ3n) is 3.33. The van der Waals surface area contributed by atoms with Crippen LogP contribution in [0.5, 0.6) is 0 Å². The van der Waals surface area contributed by atoms with E-state index in [0.717, 1.165) is 12.8 Å². The first kappa shape index (κ1) is 16.0. The molecule has 2 rings (SSSR count). The highest BCUT2D eigenvalue weighted by Crippen LogP contribution is 2.27. The lowest BCUT2D eigenvalue weighted by molar-refractivity contribution is -0.128. The predicted molar refractivity (Wildman–Crippen MR) is 80.1 cm³/mol. The maximum Gasteiger partial charge on any atom is 0.337 e. The molecule has 1 amide bonds. The lowest BCUT2D eigenvalue weighted by Gasteiger charge is -2.20. The van der Waals surface area contributed by atoms with Crippen LogP contribution in [0.4, 0.5) is 0 Å². The molecule has 1 aliphatic carbocycles. The lowest BCUT2D eigenvalue weighted by atomic mass is 10.2. The molecule has 0 aliphatic heterocycles. The summed E-state index contributed by atoms with van der Waals surface area (Å²) in [6.45, 7) is 2.49. The molecule has 0 radical (unpaired) electrons. The molecule has 114 valence electrons. The Kier molecular flexibility index (Phi) is 5.00. The molecule has 0 heterocycles. The highest BCUT2D eigenvalue weighted by molar-refractivity contribution is 7.85. The molecule has 1 fully saturated rings. The topological polar surface area (TPSA) is 74.7 Å². The summed E-state index contributed by atoms with van der Waals surface area (Å²) in [6.07, 6.45) is 1.99. The van der Waals surface area contributed by atoms with Crippen LogP contribution in [0, 0.1) is 0 Å². The number of aromatic carboxylic acids is 1. The largest absolute Gasteiger partial charge is 0.478 e. The maximum absolute atomic E-state index is 12.2. The zero-order chi connectivity index (χ0) is 15.6. The highest BCUT2D eigenvalue weighted by Gasteiger charge is 2.32. The molecule has 1 aromatic rings. The molecule has 0 bridgehead atoms. The van der Waals surface area contributed by atoms with E-state index >= 15 is 0 Å². The van der Waals surface area contributed by atoms with Gasteiger partial charge in [-0.2, -0.15) is 0 Å². The van der Waals surface area contributed by atoms with Crippen LogP contribution in [0.1, 0.15) is 30.1 Å². The van der Waals surface area contributed by atoms with Crippen molar-refractivity contribution in [2.75, 3.05) is 12.3 Å². The number of nitrogens with zero attached hydrogens (tertiary/aromatic N) is 1. The molecule has 0 saturated heterocycles. The number of hydrogen-bond acceptors (Lipinski definition) is 3. The summed E-state index contributed by atoms with van der Waals surface area (Å²) >= 11 is 5.77. The quantitative estimate of drug-likeness (QED) is 0.867. The van der Waals surface area contributed by atoms with Gasteiger partial charge in [-0.05, 0) is 38.0 Å². The van der Waals surface area contributed by atoms with E-state index in [9.17, 15) is 13.8 Å². The zero-order valence-corrected chi connectivity index (χ0v) is 13.1. The SMILES string of the molecule is CCN(C(=O)CS(=O)c1ccc(Cl)c(C(=O)O)c1)C1CC1. The van der Waals surface area contributed by atoms with Crippen LogP contribution < -0.4 is 0 Å². The second-order valence-corrected chi connectivity index (χ2v) is 6.71. The van der Waals surface area contributed by atoms with E-state index in [1.165, 1.54) is 18.2 Å². The molecule has 21 heavy (non-hydrogen) atoms. The van der Waals surface area contributed by atoms with Crippen LogP contribution in [0.2, 0.25) is 5.02 Å². The molecule has 1 saturated carbocycles. The van der Waals surface area contributed by atoms with Crippen molar-refractivity contribution in [2.45, 2.75) is 30.7 Å². The Labute approximate surface area is 130 Å². The van der Waals surface area contributed by atoms with Gasteiger partial charge in [0.05, 0.1) is 21.4 Å². The smallest absolute Gasteiger partial charge is 0.337 e. The Hall–Kier alpha value is -1.40. The zero-order valence-electron chi connectivity index (χ0n) is 11.5. The van der Waals surface area contributed by atoms with E-state index in [2.05, 4.69) is 0 Å². The van der Waals surface area contributed by atoms with Gasteiger partial charge in [0.15, 0.2) is 0 Å². The van der Waals surface area contributed by atoms with Gasteiger partial charge in [0.1, 0.15) is 5.75 Å². The van der Waals surface area contributed by atoms with Crippen molar-refractivity contribution < 1.29 is 18.9 Å². The minimum absolute atomic E-state index is 0.0859. The average molecular weight is 330 g/mol. The fourth-order valence-corrected chi connectivity index (χ4v) is 3.34. The standard InChI is InChI=1S/C14H16ClNO4S/c1-2-16(9-3-4-9)13(17)8-21(20)10-5-6-12(15)11(7-10)14(18)19/h5-7,9H,2-4,8H2,1H3,(H,18,19). The van der Waals surface area contributed by atoms with Gasteiger partial charge in [-0.15, -0.1) is 0 Å². The predicted octanol–water partition coefficient (Wildman–Crippen LogP) is 2.16. The molecule has 1 atom stereocenters. The van der Waals surface area contributed by atoms with E-state index in [4.69, 9.17) is 16.7 Å². The summed E-state index contributed by atoms with van der Waals surface area (Å²) < 4.78 is 12.2. The number of rotatable bonds is 6. The normalized spacial score (nSPS) is 15.5. The van der Waals surface area contributed by atoms with Crippen LogP contribution in [0.25, 0.3) is 0 Å². The van der Waals surface area contributed by atoms with E-state index in [-0.39, 0.29) is 28.3 Å². The molecule has 0 aromatic heterocycles. The van der Waals surface area contributed by atoms with Crippen molar-refractivity contribution in [3.63, 3.8) is 0 Å². The fourth-order valence-electron chi connectivity index (χ4n) is 2.11. The molecule has 1 aliphatic rings. The molecular formula is C14H16ClNO4S. The van der Waals surface area contributed by atoms with Gasteiger partial charge in [-0.25, -0.2) is 4.79 Å². The van der Waals surface area contributed by atoms with Gasteiger partial charge in [-0.1, -0.05) is 11.6 Å². The van der Waals surface area contributed by atoms with Gasteiger partial charge in [-0.3, -0.25) is 9.00 Å². The molecule has 1 N–H and O–H groups in total. The number of benzene rings is 1. The van der Waals surface area contributed by atoms with Crippen LogP contribution in [-0.2, 0) is 15.6 Å². The first-order chi connectivity index (χ1) is 9.93. The first-order valence-corrected chi connectivity index (χ1v) is 8.34. The molecule has 1 unspecified atom stereocenters. The monoisotopic (exact) mass is 329 g/mol. The van der Waals surface area contributed by atoms with Crippen LogP contribution >= 0.6 is 11.6 Å². The lowest BCUT2D eigenvalue weighted by Crippen LogP contribution is -2.36. The van der Waals surface area contributed by atoms with Crippen molar-refractivity contribution in [1.82, 2.24) is 4.90 Å². The van der Waals surface area contributed by atoms with E-state index in [1.54, 1.807) is 4.90 Å². The van der Waals surface area contributed by atoms with Crippen molar-refractivity contribution in [3.05, 3.63) is 28.8 Å². The number of carbonyl (C=O) groups is 2. The molecule has 7 heteroatoms. The van der Waals surface area contributed by atoms with Gasteiger partial charge in [0, 0.05) is 17.5 Å². The number of carbonyl (C=O) groups excluding carboxylic acids is 1. The maximum atomic E-state index is 12.2. The summed E-state index contributed by atoms with van der Waals surface area (Å²) in [5, 5.41) is 9.09.